The lowest BCUT2D eigenvalue weighted by molar-refractivity contribution is -0.131. The maximum absolute atomic E-state index is 12.4. The average Bonchev–Trinajstić information content (AvgIpc) is 2.95. The van der Waals surface area contributed by atoms with E-state index in [0.717, 1.165) is 16.3 Å². The molecule has 4 nitrogen and oxygen atoms in total. The summed E-state index contributed by atoms with van der Waals surface area (Å²) in [6.45, 7) is 0.763. The highest BCUT2D eigenvalue weighted by Crippen LogP contribution is 2.14. The lowest BCUT2D eigenvalue weighted by Gasteiger charge is -2.21. The fourth-order valence-corrected chi connectivity index (χ4v) is 2.96. The molecule has 1 heterocycles. The number of benzene rings is 1. The summed E-state index contributed by atoms with van der Waals surface area (Å²) in [5.41, 5.74) is 1.83. The van der Waals surface area contributed by atoms with Crippen molar-refractivity contribution in [2.24, 2.45) is 0 Å². The van der Waals surface area contributed by atoms with E-state index in [-0.39, 0.29) is 18.9 Å². The van der Waals surface area contributed by atoms with Crippen molar-refractivity contribution < 1.29 is 9.90 Å². The Morgan fingerprint density at radius 2 is 2.10 bits per heavy atom. The van der Waals surface area contributed by atoms with Crippen LogP contribution in [0.25, 0.3) is 0 Å². The second-order valence-electron chi connectivity index (χ2n) is 4.57. The van der Waals surface area contributed by atoms with E-state index in [1.807, 2.05) is 35.7 Å². The molecular formula is C15H17ClN2O2S. The van der Waals surface area contributed by atoms with E-state index in [1.165, 1.54) is 11.3 Å². The summed E-state index contributed by atoms with van der Waals surface area (Å²) in [5, 5.41) is 11.8. The summed E-state index contributed by atoms with van der Waals surface area (Å²) < 4.78 is 0. The zero-order chi connectivity index (χ0) is 15.1. The van der Waals surface area contributed by atoms with Crippen molar-refractivity contribution in [2.45, 2.75) is 18.8 Å². The summed E-state index contributed by atoms with van der Waals surface area (Å²) >= 11 is 7.15. The monoisotopic (exact) mass is 324 g/mol. The largest absolute Gasteiger partial charge is 0.395 e. The molecular weight excluding hydrogens is 308 g/mol. The fraction of sp³-hybridized carbons (Fsp3) is 0.333. The molecule has 2 aromatic rings. The van der Waals surface area contributed by atoms with Gasteiger partial charge in [-0.25, -0.2) is 4.98 Å². The van der Waals surface area contributed by atoms with Gasteiger partial charge in [0, 0.05) is 18.5 Å². The molecule has 1 amide bonds. The lowest BCUT2D eigenvalue weighted by atomic mass is 10.2. The maximum Gasteiger partial charge on any atom is 0.229 e. The van der Waals surface area contributed by atoms with Crippen molar-refractivity contribution in [3.63, 3.8) is 0 Å². The first-order chi connectivity index (χ1) is 10.2. The molecule has 0 aliphatic carbocycles. The van der Waals surface area contributed by atoms with Crippen molar-refractivity contribution in [3.8, 4) is 0 Å². The number of amides is 1. The Morgan fingerprint density at radius 3 is 2.71 bits per heavy atom. The third kappa shape index (κ3) is 4.81. The van der Waals surface area contributed by atoms with Gasteiger partial charge in [0.25, 0.3) is 0 Å². The van der Waals surface area contributed by atoms with Gasteiger partial charge in [0.15, 0.2) is 0 Å². The van der Waals surface area contributed by atoms with E-state index >= 15 is 0 Å². The van der Waals surface area contributed by atoms with Crippen LogP contribution in [0.15, 0.2) is 35.7 Å². The molecule has 0 aliphatic heterocycles. The van der Waals surface area contributed by atoms with Crippen LogP contribution in [0.2, 0.25) is 0 Å². The number of thiazole rings is 1. The van der Waals surface area contributed by atoms with Crippen molar-refractivity contribution in [2.75, 3.05) is 13.2 Å². The van der Waals surface area contributed by atoms with Crippen LogP contribution >= 0.6 is 22.9 Å². The summed E-state index contributed by atoms with van der Waals surface area (Å²) in [4.78, 5) is 18.3. The maximum atomic E-state index is 12.4. The van der Waals surface area contributed by atoms with Gasteiger partial charge in [0.1, 0.15) is 5.01 Å². The second kappa shape index (κ2) is 8.12. The Bertz CT molecular complexity index is 574. The number of hydrogen-bond acceptors (Lipinski definition) is 4. The van der Waals surface area contributed by atoms with Crippen molar-refractivity contribution >= 4 is 28.8 Å². The van der Waals surface area contributed by atoms with Gasteiger partial charge < -0.3 is 10.0 Å². The molecule has 112 valence electrons. The van der Waals surface area contributed by atoms with Crippen LogP contribution in [0.5, 0.6) is 0 Å². The Morgan fingerprint density at radius 1 is 1.33 bits per heavy atom. The molecule has 1 aromatic heterocycles. The molecule has 0 saturated carbocycles. The van der Waals surface area contributed by atoms with Gasteiger partial charge in [-0.1, -0.05) is 30.3 Å². The first kappa shape index (κ1) is 15.9. The molecule has 21 heavy (non-hydrogen) atoms. The molecule has 0 aliphatic rings. The smallest absolute Gasteiger partial charge is 0.229 e. The van der Waals surface area contributed by atoms with Gasteiger partial charge in [-0.3, -0.25) is 4.79 Å². The molecule has 0 spiro atoms. The van der Waals surface area contributed by atoms with Crippen LogP contribution in [0.4, 0.5) is 0 Å². The average molecular weight is 325 g/mol. The van der Waals surface area contributed by atoms with Gasteiger partial charge in [0.2, 0.25) is 5.91 Å². The molecule has 2 rings (SSSR count). The number of nitrogens with zero attached hydrogens (tertiary/aromatic N) is 2. The van der Waals surface area contributed by atoms with Crippen LogP contribution in [0.1, 0.15) is 16.3 Å². The standard InChI is InChI=1S/C15H17ClN2O2S/c16-9-13-11-21-14(17-13)8-15(20)18(6-7-19)10-12-4-2-1-3-5-12/h1-5,11,19H,6-10H2. The number of carbonyl (C=O) groups is 1. The van der Waals surface area contributed by atoms with E-state index in [9.17, 15) is 4.79 Å². The van der Waals surface area contributed by atoms with E-state index in [4.69, 9.17) is 16.7 Å². The van der Waals surface area contributed by atoms with E-state index in [0.29, 0.717) is 19.0 Å². The number of aliphatic hydroxyl groups is 1. The normalized spacial score (nSPS) is 10.6. The number of aromatic nitrogens is 1. The predicted molar refractivity (Wildman–Crippen MR) is 84.3 cm³/mol. The highest BCUT2D eigenvalue weighted by atomic mass is 35.5. The number of alkyl halides is 1. The zero-order valence-corrected chi connectivity index (χ0v) is 13.1. The Hall–Kier alpha value is -1.43. The highest BCUT2D eigenvalue weighted by Gasteiger charge is 2.16. The summed E-state index contributed by atoms with van der Waals surface area (Å²) in [6, 6.07) is 9.74. The first-order valence-corrected chi connectivity index (χ1v) is 8.06. The highest BCUT2D eigenvalue weighted by molar-refractivity contribution is 7.09. The minimum Gasteiger partial charge on any atom is -0.395 e. The molecule has 0 radical (unpaired) electrons. The van der Waals surface area contributed by atoms with Gasteiger partial charge in [-0.15, -0.1) is 22.9 Å². The molecule has 0 saturated heterocycles. The zero-order valence-electron chi connectivity index (χ0n) is 11.5. The number of carbonyl (C=O) groups excluding carboxylic acids is 1. The van der Waals surface area contributed by atoms with Gasteiger partial charge >= 0.3 is 0 Å². The van der Waals surface area contributed by atoms with Crippen molar-refractivity contribution in [1.82, 2.24) is 9.88 Å². The van der Waals surface area contributed by atoms with E-state index < -0.39 is 0 Å². The quantitative estimate of drug-likeness (QED) is 0.796. The number of halogens is 1. The molecule has 1 aromatic carbocycles. The van der Waals surface area contributed by atoms with Crippen LogP contribution in [-0.4, -0.2) is 34.0 Å². The fourth-order valence-electron chi connectivity index (χ4n) is 1.95. The first-order valence-electron chi connectivity index (χ1n) is 6.64. The minimum absolute atomic E-state index is 0.0385. The molecule has 0 atom stereocenters. The molecule has 6 heteroatoms. The predicted octanol–water partition coefficient (Wildman–Crippen LogP) is 2.45. The second-order valence-corrected chi connectivity index (χ2v) is 5.78. The van der Waals surface area contributed by atoms with Gasteiger partial charge in [-0.05, 0) is 5.56 Å². The summed E-state index contributed by atoms with van der Waals surface area (Å²) in [7, 11) is 0. The minimum atomic E-state index is -0.0522. The Balaban J connectivity index is 2.01. The SMILES string of the molecule is O=C(Cc1nc(CCl)cs1)N(CCO)Cc1ccccc1. The topological polar surface area (TPSA) is 53.4 Å². The third-order valence-corrected chi connectivity index (χ3v) is 4.15. The van der Waals surface area contributed by atoms with Crippen molar-refractivity contribution in [3.05, 3.63) is 52.0 Å². The third-order valence-electron chi connectivity index (χ3n) is 2.98. The Labute approximate surface area is 133 Å². The number of aliphatic hydroxyl groups excluding tert-OH is 1. The number of hydrogen-bond donors (Lipinski definition) is 1. The summed E-state index contributed by atoms with van der Waals surface area (Å²) in [5.74, 6) is 0.318. The van der Waals surface area contributed by atoms with Crippen LogP contribution in [-0.2, 0) is 23.6 Å². The Kier molecular flexibility index (Phi) is 6.17. The molecule has 0 bridgehead atoms. The van der Waals surface area contributed by atoms with Crippen LogP contribution in [0.3, 0.4) is 0 Å². The van der Waals surface area contributed by atoms with Crippen molar-refractivity contribution in [1.29, 1.82) is 0 Å². The van der Waals surface area contributed by atoms with Gasteiger partial charge in [-0.2, -0.15) is 0 Å². The van der Waals surface area contributed by atoms with Crippen LogP contribution < -0.4 is 0 Å². The molecule has 0 unspecified atom stereocenters. The summed E-state index contributed by atoms with van der Waals surface area (Å²) in [6.07, 6.45) is 0.244. The van der Waals surface area contributed by atoms with E-state index in [2.05, 4.69) is 4.98 Å². The lowest BCUT2D eigenvalue weighted by Crippen LogP contribution is -2.34. The molecule has 1 N–H and O–H groups in total. The number of rotatable bonds is 7. The molecule has 0 fully saturated rings. The van der Waals surface area contributed by atoms with Crippen LogP contribution in [0, 0.1) is 0 Å². The van der Waals surface area contributed by atoms with E-state index in [1.54, 1.807) is 4.90 Å². The van der Waals surface area contributed by atoms with Gasteiger partial charge in [0.05, 0.1) is 24.6 Å².